The van der Waals surface area contributed by atoms with Gasteiger partial charge < -0.3 is 14.6 Å². The predicted octanol–water partition coefficient (Wildman–Crippen LogP) is 4.04. The first-order valence-corrected chi connectivity index (χ1v) is 11.3. The molecule has 8 heteroatoms. The monoisotopic (exact) mass is 437 g/mol. The zero-order chi connectivity index (χ0) is 21.8. The van der Waals surface area contributed by atoms with Gasteiger partial charge in [-0.25, -0.2) is 0 Å². The quantitative estimate of drug-likeness (QED) is 0.204. The molecule has 7 nitrogen and oxygen atoms in total. The van der Waals surface area contributed by atoms with Crippen LogP contribution in [0.4, 0.5) is 0 Å². The first-order valence-electron chi connectivity index (χ1n) is 10.4. The van der Waals surface area contributed by atoms with Crippen LogP contribution in [-0.2, 0) is 25.7 Å². The lowest BCUT2D eigenvalue weighted by Gasteiger charge is -2.21. The summed E-state index contributed by atoms with van der Waals surface area (Å²) in [7, 11) is 1.37. The molecule has 2 rings (SSSR count). The number of hydrogen-bond acceptors (Lipinski definition) is 8. The number of esters is 1. The number of nitrogens with zero attached hydrogens (tertiary/aromatic N) is 1. The van der Waals surface area contributed by atoms with Crippen LogP contribution in [-0.4, -0.2) is 42.7 Å². The van der Waals surface area contributed by atoms with E-state index < -0.39 is 12.1 Å². The van der Waals surface area contributed by atoms with Crippen molar-refractivity contribution in [3.63, 3.8) is 0 Å². The molecule has 0 aromatic carbocycles. The first-order chi connectivity index (χ1) is 14.5. The van der Waals surface area contributed by atoms with Gasteiger partial charge in [-0.15, -0.1) is 11.3 Å². The van der Waals surface area contributed by atoms with E-state index in [2.05, 4.69) is 9.91 Å². The molecule has 0 saturated heterocycles. The second kappa shape index (κ2) is 13.4. The van der Waals surface area contributed by atoms with E-state index in [1.165, 1.54) is 7.11 Å². The minimum absolute atomic E-state index is 0.0623. The second-order valence-corrected chi connectivity index (χ2v) is 8.65. The van der Waals surface area contributed by atoms with Crippen LogP contribution in [0.2, 0.25) is 0 Å². The molecule has 0 aliphatic heterocycles. The standard InChI is InChI=1S/C22H31NO6S/c1-28-22(26)9-5-3-2-4-8-19-18(20(23-27)13-21(19)25)11-10-16(24)14-29-15-17-7-6-12-30-17/h2,4,6-7,12,16,18-20,24H,3,5,8-11,13-15H2,1H3/t16-,18-,19-,20?/m1/s1. The Kier molecular flexibility index (Phi) is 10.9. The number of carbonyl (C=O) groups excluding carboxylic acids is 2. The van der Waals surface area contributed by atoms with E-state index in [-0.39, 0.29) is 36.6 Å². The molecule has 1 aromatic heterocycles. The van der Waals surface area contributed by atoms with Gasteiger partial charge in [-0.1, -0.05) is 23.4 Å². The highest BCUT2D eigenvalue weighted by Crippen LogP contribution is 2.37. The van der Waals surface area contributed by atoms with Crippen molar-refractivity contribution in [2.45, 2.75) is 63.7 Å². The third-order valence-corrected chi connectivity index (χ3v) is 6.32. The Morgan fingerprint density at radius 3 is 2.97 bits per heavy atom. The largest absolute Gasteiger partial charge is 0.469 e. The molecule has 1 unspecified atom stereocenters. The Labute approximate surface area is 181 Å². The highest BCUT2D eigenvalue weighted by atomic mass is 32.1. The van der Waals surface area contributed by atoms with Gasteiger partial charge in [0.25, 0.3) is 0 Å². The number of ketones is 1. The molecular formula is C22H31NO6S. The molecule has 1 heterocycles. The molecule has 4 atom stereocenters. The second-order valence-electron chi connectivity index (χ2n) is 7.61. The van der Waals surface area contributed by atoms with Crippen molar-refractivity contribution in [1.82, 2.24) is 0 Å². The van der Waals surface area contributed by atoms with Gasteiger partial charge in [-0.2, -0.15) is 4.91 Å². The van der Waals surface area contributed by atoms with Crippen molar-refractivity contribution in [3.05, 3.63) is 39.4 Å². The Balaban J connectivity index is 1.75. The zero-order valence-electron chi connectivity index (χ0n) is 17.4. The average molecular weight is 438 g/mol. The lowest BCUT2D eigenvalue weighted by Crippen LogP contribution is -2.23. The maximum absolute atomic E-state index is 12.4. The number of hydrogen-bond donors (Lipinski definition) is 1. The highest BCUT2D eigenvalue weighted by Gasteiger charge is 2.42. The van der Waals surface area contributed by atoms with E-state index in [0.717, 1.165) is 11.3 Å². The van der Waals surface area contributed by atoms with Gasteiger partial charge in [-0.05, 0) is 49.5 Å². The summed E-state index contributed by atoms with van der Waals surface area (Å²) >= 11 is 1.61. The van der Waals surface area contributed by atoms with Crippen LogP contribution in [0.25, 0.3) is 0 Å². The number of rotatable bonds is 14. The van der Waals surface area contributed by atoms with Crippen LogP contribution in [0.5, 0.6) is 0 Å². The third-order valence-electron chi connectivity index (χ3n) is 5.47. The number of carbonyl (C=O) groups is 2. The molecule has 30 heavy (non-hydrogen) atoms. The van der Waals surface area contributed by atoms with E-state index in [1.807, 2.05) is 29.7 Å². The lowest BCUT2D eigenvalue weighted by atomic mass is 9.86. The molecule has 1 aliphatic carbocycles. The van der Waals surface area contributed by atoms with Gasteiger partial charge in [0.2, 0.25) is 0 Å². The molecule has 1 N–H and O–H groups in total. The van der Waals surface area contributed by atoms with Crippen LogP contribution in [0, 0.1) is 16.7 Å². The van der Waals surface area contributed by atoms with E-state index in [1.54, 1.807) is 11.3 Å². The molecule has 166 valence electrons. The van der Waals surface area contributed by atoms with Crippen molar-refractivity contribution in [3.8, 4) is 0 Å². The van der Waals surface area contributed by atoms with Gasteiger partial charge in [-0.3, -0.25) is 9.59 Å². The van der Waals surface area contributed by atoms with Gasteiger partial charge in [0.05, 0.1) is 26.4 Å². The number of methoxy groups -OCH3 is 1. The lowest BCUT2D eigenvalue weighted by molar-refractivity contribution is -0.140. The fourth-order valence-corrected chi connectivity index (χ4v) is 4.46. The fraction of sp³-hybridized carbons (Fsp3) is 0.636. The number of Topliss-reactive ketones (excluding diaryl/α,β-unsaturated/α-hetero) is 1. The number of unbranched alkanes of at least 4 members (excludes halogenated alkanes) is 1. The van der Waals surface area contributed by atoms with Crippen molar-refractivity contribution >= 4 is 23.1 Å². The van der Waals surface area contributed by atoms with Crippen molar-refractivity contribution in [2.24, 2.45) is 17.0 Å². The SMILES string of the molecule is COC(=O)CCCC=CC[C@H]1C(=O)CC(N=O)[C@@H]1CC[C@@H](O)COCc1cccs1. The summed E-state index contributed by atoms with van der Waals surface area (Å²) in [5.74, 6) is -0.565. The number of thiophene rings is 1. The van der Waals surface area contributed by atoms with E-state index >= 15 is 0 Å². The van der Waals surface area contributed by atoms with Gasteiger partial charge >= 0.3 is 5.97 Å². The van der Waals surface area contributed by atoms with Crippen LogP contribution >= 0.6 is 11.3 Å². The molecule has 1 fully saturated rings. The number of aliphatic hydroxyl groups is 1. The molecule has 1 aliphatic rings. The average Bonchev–Trinajstić information content (AvgIpc) is 3.36. The summed E-state index contributed by atoms with van der Waals surface area (Å²) in [5.41, 5.74) is 0. The van der Waals surface area contributed by atoms with E-state index in [4.69, 9.17) is 4.74 Å². The zero-order valence-corrected chi connectivity index (χ0v) is 18.2. The molecule has 0 spiro atoms. The summed E-state index contributed by atoms with van der Waals surface area (Å²) in [4.78, 5) is 35.8. The number of ether oxygens (including phenoxy) is 2. The normalized spacial score (nSPS) is 22.5. The molecule has 1 aromatic rings. The van der Waals surface area contributed by atoms with Crippen LogP contribution in [0.15, 0.2) is 34.8 Å². The maximum Gasteiger partial charge on any atom is 0.305 e. The summed E-state index contributed by atoms with van der Waals surface area (Å²) in [6.07, 6.45) is 6.83. The van der Waals surface area contributed by atoms with Gasteiger partial charge in [0, 0.05) is 23.6 Å². The van der Waals surface area contributed by atoms with Crippen molar-refractivity contribution in [2.75, 3.05) is 13.7 Å². The van der Waals surface area contributed by atoms with E-state index in [0.29, 0.717) is 38.7 Å². The summed E-state index contributed by atoms with van der Waals surface area (Å²) in [5, 5.41) is 15.4. The molecule has 1 saturated carbocycles. The maximum atomic E-state index is 12.4. The van der Waals surface area contributed by atoms with E-state index in [9.17, 15) is 19.6 Å². The third kappa shape index (κ3) is 8.08. The smallest absolute Gasteiger partial charge is 0.305 e. The van der Waals surface area contributed by atoms with Crippen LogP contribution in [0.3, 0.4) is 0 Å². The molecular weight excluding hydrogens is 406 g/mol. The summed E-state index contributed by atoms with van der Waals surface area (Å²) in [6.45, 7) is 0.696. The molecule has 0 radical (unpaired) electrons. The number of allylic oxidation sites excluding steroid dienone is 2. The minimum Gasteiger partial charge on any atom is -0.469 e. The van der Waals surface area contributed by atoms with Crippen molar-refractivity contribution < 1.29 is 24.2 Å². The van der Waals surface area contributed by atoms with Crippen LogP contribution < -0.4 is 0 Å². The Bertz CT molecular complexity index is 690. The predicted molar refractivity (Wildman–Crippen MR) is 115 cm³/mol. The topological polar surface area (TPSA) is 102 Å². The Morgan fingerprint density at radius 2 is 2.27 bits per heavy atom. The summed E-state index contributed by atoms with van der Waals surface area (Å²) < 4.78 is 10.2. The Hall–Kier alpha value is -1.90. The molecule has 0 bridgehead atoms. The number of nitroso groups, excluding NO2 is 1. The fourth-order valence-electron chi connectivity index (χ4n) is 3.82. The van der Waals surface area contributed by atoms with Gasteiger partial charge in [0.1, 0.15) is 11.8 Å². The summed E-state index contributed by atoms with van der Waals surface area (Å²) in [6, 6.07) is 3.42. The van der Waals surface area contributed by atoms with Crippen molar-refractivity contribution in [1.29, 1.82) is 0 Å². The minimum atomic E-state index is -0.637. The van der Waals surface area contributed by atoms with Gasteiger partial charge in [0.15, 0.2) is 0 Å². The first kappa shape index (κ1) is 24.4. The molecule has 0 amide bonds. The van der Waals surface area contributed by atoms with Crippen LogP contribution in [0.1, 0.15) is 49.8 Å². The highest BCUT2D eigenvalue weighted by molar-refractivity contribution is 7.09. The number of aliphatic hydroxyl groups excluding tert-OH is 1. The Morgan fingerprint density at radius 1 is 1.43 bits per heavy atom.